The number of rotatable bonds is 12. The monoisotopic (exact) mass is 605 g/mol. The minimum Gasteiger partial charge on any atom is -0.495 e. The van der Waals surface area contributed by atoms with Gasteiger partial charge in [0.2, 0.25) is 15.9 Å². The van der Waals surface area contributed by atoms with Gasteiger partial charge in [-0.1, -0.05) is 6.07 Å². The second-order valence-corrected chi connectivity index (χ2v) is 13.1. The lowest BCUT2D eigenvalue weighted by Crippen LogP contribution is -2.38. The Balaban J connectivity index is 2.05. The number of methoxy groups -OCH3 is 3. The van der Waals surface area contributed by atoms with Crippen molar-refractivity contribution in [1.82, 2.24) is 4.72 Å². The van der Waals surface area contributed by atoms with Crippen molar-refractivity contribution >= 4 is 37.3 Å². The van der Waals surface area contributed by atoms with Gasteiger partial charge < -0.3 is 19.5 Å². The molecule has 11 nitrogen and oxygen atoms in total. The maximum Gasteiger partial charge on any atom is 0.264 e. The van der Waals surface area contributed by atoms with Gasteiger partial charge in [0.1, 0.15) is 12.3 Å². The summed E-state index contributed by atoms with van der Waals surface area (Å²) in [5.74, 6) is 0.0209. The molecule has 0 aliphatic rings. The van der Waals surface area contributed by atoms with E-state index in [1.54, 1.807) is 26.0 Å². The van der Waals surface area contributed by atoms with E-state index >= 15 is 0 Å². The van der Waals surface area contributed by atoms with E-state index in [1.165, 1.54) is 57.7 Å². The van der Waals surface area contributed by atoms with Gasteiger partial charge in [0.05, 0.1) is 42.5 Å². The fourth-order valence-electron chi connectivity index (χ4n) is 4.16. The Morgan fingerprint density at radius 3 is 1.90 bits per heavy atom. The van der Waals surface area contributed by atoms with Crippen LogP contribution in [0.2, 0.25) is 0 Å². The number of benzene rings is 3. The van der Waals surface area contributed by atoms with Gasteiger partial charge in [0.25, 0.3) is 10.0 Å². The molecule has 0 atom stereocenters. The van der Waals surface area contributed by atoms with E-state index in [-0.39, 0.29) is 38.7 Å². The number of amides is 1. The molecule has 0 aliphatic carbocycles. The molecule has 2 N–H and O–H groups in total. The summed E-state index contributed by atoms with van der Waals surface area (Å²) in [5, 5.41) is 2.61. The highest BCUT2D eigenvalue weighted by molar-refractivity contribution is 7.93. The van der Waals surface area contributed by atoms with Crippen molar-refractivity contribution in [3.05, 3.63) is 65.7 Å². The van der Waals surface area contributed by atoms with Crippen LogP contribution in [-0.4, -0.2) is 56.7 Å². The van der Waals surface area contributed by atoms with Crippen molar-refractivity contribution in [2.45, 2.75) is 43.5 Å². The Labute approximate surface area is 241 Å². The molecule has 3 aromatic rings. The summed E-state index contributed by atoms with van der Waals surface area (Å²) in [6, 6.07) is 13.0. The average Bonchev–Trinajstić information content (AvgIpc) is 2.89. The van der Waals surface area contributed by atoms with Crippen molar-refractivity contribution in [3.63, 3.8) is 0 Å². The average molecular weight is 606 g/mol. The predicted molar refractivity (Wildman–Crippen MR) is 157 cm³/mol. The van der Waals surface area contributed by atoms with Gasteiger partial charge in [0, 0.05) is 12.1 Å². The summed E-state index contributed by atoms with van der Waals surface area (Å²) in [6.07, 6.45) is 0. The maximum absolute atomic E-state index is 14.0. The lowest BCUT2D eigenvalue weighted by Gasteiger charge is -2.25. The lowest BCUT2D eigenvalue weighted by atomic mass is 10.1. The van der Waals surface area contributed by atoms with Crippen LogP contribution in [0.3, 0.4) is 0 Å². The minimum absolute atomic E-state index is 0.0630. The zero-order valence-electron chi connectivity index (χ0n) is 24.0. The molecular weight excluding hydrogens is 570 g/mol. The summed E-state index contributed by atoms with van der Waals surface area (Å²) in [7, 11) is -3.97. The van der Waals surface area contributed by atoms with Gasteiger partial charge in [0.15, 0.2) is 11.5 Å². The molecule has 0 heterocycles. The fourth-order valence-corrected chi connectivity index (χ4v) is 6.86. The number of nitrogens with zero attached hydrogens (tertiary/aromatic N) is 1. The first-order chi connectivity index (χ1) is 19.2. The number of nitrogens with one attached hydrogen (secondary N) is 2. The molecule has 0 spiro atoms. The molecule has 0 unspecified atom stereocenters. The van der Waals surface area contributed by atoms with E-state index < -0.39 is 32.5 Å². The molecule has 0 bridgehead atoms. The lowest BCUT2D eigenvalue weighted by molar-refractivity contribution is -0.114. The van der Waals surface area contributed by atoms with Crippen molar-refractivity contribution in [3.8, 4) is 17.2 Å². The highest BCUT2D eigenvalue weighted by atomic mass is 32.2. The van der Waals surface area contributed by atoms with Gasteiger partial charge in [-0.15, -0.1) is 0 Å². The number of sulfonamides is 2. The minimum atomic E-state index is -4.29. The van der Waals surface area contributed by atoms with Gasteiger partial charge >= 0.3 is 0 Å². The van der Waals surface area contributed by atoms with Crippen molar-refractivity contribution < 1.29 is 35.8 Å². The summed E-state index contributed by atoms with van der Waals surface area (Å²) in [5.41, 5.74) is 1.93. The largest absolute Gasteiger partial charge is 0.495 e. The highest BCUT2D eigenvalue weighted by Gasteiger charge is 2.29. The summed E-state index contributed by atoms with van der Waals surface area (Å²) >= 11 is 0. The molecule has 13 heteroatoms. The smallest absolute Gasteiger partial charge is 0.264 e. The molecule has 0 saturated carbocycles. The Morgan fingerprint density at radius 1 is 0.780 bits per heavy atom. The van der Waals surface area contributed by atoms with Crippen molar-refractivity contribution in [2.75, 3.05) is 37.5 Å². The van der Waals surface area contributed by atoms with E-state index in [2.05, 4.69) is 10.0 Å². The first-order valence-corrected chi connectivity index (χ1v) is 15.5. The van der Waals surface area contributed by atoms with Crippen LogP contribution in [0.4, 0.5) is 11.4 Å². The normalized spacial score (nSPS) is 11.7. The molecular formula is C28H35N3O8S2. The number of anilines is 2. The van der Waals surface area contributed by atoms with Crippen LogP contribution in [0.1, 0.15) is 25.0 Å². The Morgan fingerprint density at radius 2 is 1.34 bits per heavy atom. The molecule has 3 aromatic carbocycles. The Hall–Kier alpha value is -3.81. The van der Waals surface area contributed by atoms with Crippen LogP contribution >= 0.6 is 0 Å². The standard InChI is InChI=1S/C28H35N3O8S2/c1-18(2)30-40(33,34)22-8-10-25(37-5)24(15-22)29-28(32)17-31(21-13-19(3)12-20(4)14-21)41(35,36)23-9-11-26(38-6)27(16-23)39-7/h8-16,18,30H,17H2,1-7H3,(H,29,32). The van der Waals surface area contributed by atoms with Gasteiger partial charge in [-0.25, -0.2) is 21.6 Å². The summed E-state index contributed by atoms with van der Waals surface area (Å²) in [6.45, 7) is 6.39. The quantitative estimate of drug-likeness (QED) is 0.317. The van der Waals surface area contributed by atoms with Crippen LogP contribution in [0, 0.1) is 13.8 Å². The Kier molecular flexibility index (Phi) is 9.89. The second-order valence-electron chi connectivity index (χ2n) is 9.56. The van der Waals surface area contributed by atoms with Crippen LogP contribution < -0.4 is 28.6 Å². The van der Waals surface area contributed by atoms with E-state index in [0.717, 1.165) is 15.4 Å². The molecule has 3 rings (SSSR count). The first kappa shape index (κ1) is 31.7. The number of hydrogen-bond acceptors (Lipinski definition) is 8. The van der Waals surface area contributed by atoms with E-state index in [1.807, 2.05) is 19.9 Å². The number of carbonyl (C=O) groups is 1. The number of hydrogen-bond donors (Lipinski definition) is 2. The molecule has 0 fully saturated rings. The fraction of sp³-hybridized carbons (Fsp3) is 0.321. The molecule has 0 aromatic heterocycles. The van der Waals surface area contributed by atoms with Crippen molar-refractivity contribution in [1.29, 1.82) is 0 Å². The summed E-state index contributed by atoms with van der Waals surface area (Å²) in [4.78, 5) is 13.2. The molecule has 1 amide bonds. The van der Waals surface area contributed by atoms with E-state index in [4.69, 9.17) is 14.2 Å². The van der Waals surface area contributed by atoms with Gasteiger partial charge in [-0.2, -0.15) is 0 Å². The zero-order valence-corrected chi connectivity index (χ0v) is 25.6. The third-order valence-corrected chi connectivity index (χ3v) is 9.30. The topological polar surface area (TPSA) is 140 Å². The summed E-state index contributed by atoms with van der Waals surface area (Å²) < 4.78 is 72.7. The van der Waals surface area contributed by atoms with Crippen LogP contribution in [-0.2, 0) is 24.8 Å². The second kappa shape index (κ2) is 12.8. The Bertz CT molecular complexity index is 1620. The molecule has 0 saturated heterocycles. The molecule has 0 aliphatic heterocycles. The molecule has 222 valence electrons. The number of carbonyl (C=O) groups excluding carboxylic acids is 1. The maximum atomic E-state index is 14.0. The van der Waals surface area contributed by atoms with Gasteiger partial charge in [-0.3, -0.25) is 9.10 Å². The van der Waals surface area contributed by atoms with Crippen LogP contribution in [0.25, 0.3) is 0 Å². The number of aryl methyl sites for hydroxylation is 2. The number of ether oxygens (including phenoxy) is 3. The third kappa shape index (κ3) is 7.48. The van der Waals surface area contributed by atoms with E-state index in [9.17, 15) is 21.6 Å². The molecule has 0 radical (unpaired) electrons. The van der Waals surface area contributed by atoms with Crippen LogP contribution in [0.15, 0.2) is 64.4 Å². The van der Waals surface area contributed by atoms with Crippen molar-refractivity contribution in [2.24, 2.45) is 0 Å². The zero-order chi connectivity index (χ0) is 30.5. The molecule has 41 heavy (non-hydrogen) atoms. The third-order valence-electron chi connectivity index (χ3n) is 5.87. The predicted octanol–water partition coefficient (Wildman–Crippen LogP) is 3.85. The first-order valence-electron chi connectivity index (χ1n) is 12.5. The van der Waals surface area contributed by atoms with Crippen LogP contribution in [0.5, 0.6) is 17.2 Å². The van der Waals surface area contributed by atoms with Gasteiger partial charge in [-0.05, 0) is 81.3 Å². The SMILES string of the molecule is COc1ccc(S(=O)(=O)NC(C)C)cc1NC(=O)CN(c1cc(C)cc(C)c1)S(=O)(=O)c1ccc(OC)c(OC)c1. The van der Waals surface area contributed by atoms with E-state index in [0.29, 0.717) is 5.75 Å². The highest BCUT2D eigenvalue weighted by Crippen LogP contribution is 2.33.